The van der Waals surface area contributed by atoms with Gasteiger partial charge in [0.25, 0.3) is 0 Å². The van der Waals surface area contributed by atoms with E-state index in [9.17, 15) is 0 Å². The number of para-hydroxylation sites is 2. The summed E-state index contributed by atoms with van der Waals surface area (Å²) < 4.78 is 2.40. The van der Waals surface area contributed by atoms with Crippen molar-refractivity contribution in [1.29, 1.82) is 0 Å². The van der Waals surface area contributed by atoms with E-state index in [4.69, 9.17) is 0 Å². The van der Waals surface area contributed by atoms with Gasteiger partial charge in [-0.3, -0.25) is 0 Å². The average molecular weight is 740 g/mol. The van der Waals surface area contributed by atoms with Crippen LogP contribution in [0.25, 0.3) is 98.8 Å². The summed E-state index contributed by atoms with van der Waals surface area (Å²) >= 11 is 0. The maximum absolute atomic E-state index is 2.57. The van der Waals surface area contributed by atoms with E-state index in [1.165, 1.54) is 110 Å². The minimum absolute atomic E-state index is 0.0523. The lowest BCUT2D eigenvalue weighted by Crippen LogP contribution is -2.18. The topological polar surface area (TPSA) is 4.93 Å². The van der Waals surface area contributed by atoms with Gasteiger partial charge < -0.3 is 4.57 Å². The van der Waals surface area contributed by atoms with E-state index in [2.05, 4.69) is 206 Å². The first kappa shape index (κ1) is 33.2. The molecule has 274 valence electrons. The molecule has 10 aromatic rings. The van der Waals surface area contributed by atoms with Gasteiger partial charge in [0.05, 0.1) is 11.0 Å². The first-order valence-corrected chi connectivity index (χ1v) is 20.7. The molecule has 1 nitrogen and oxygen atoms in total. The molecule has 1 heterocycles. The van der Waals surface area contributed by atoms with Crippen LogP contribution >= 0.6 is 0 Å². The number of nitrogens with zero attached hydrogens (tertiary/aromatic N) is 1. The van der Waals surface area contributed by atoms with Crippen molar-refractivity contribution in [1.82, 2.24) is 4.57 Å². The molecule has 58 heavy (non-hydrogen) atoms. The molecule has 9 aromatic carbocycles. The van der Waals surface area contributed by atoms with Crippen LogP contribution in [0.15, 0.2) is 194 Å². The lowest BCUT2D eigenvalue weighted by molar-refractivity contribution is 0.608. The Morgan fingerprint density at radius 3 is 1.76 bits per heavy atom. The number of allylic oxidation sites excluding steroid dienone is 4. The number of aromatic nitrogens is 1. The van der Waals surface area contributed by atoms with Crippen LogP contribution in [-0.2, 0) is 5.41 Å². The van der Waals surface area contributed by atoms with Gasteiger partial charge in [0.15, 0.2) is 0 Å². The highest BCUT2D eigenvalue weighted by molar-refractivity contribution is 6.25. The molecule has 0 saturated heterocycles. The third-order valence-electron chi connectivity index (χ3n) is 13.3. The van der Waals surface area contributed by atoms with E-state index < -0.39 is 0 Å². The third-order valence-corrected chi connectivity index (χ3v) is 13.3. The van der Waals surface area contributed by atoms with Crippen molar-refractivity contribution in [2.45, 2.75) is 32.1 Å². The SMILES string of the molecule is CC1(C)C2=C(C=CCC2)c2c1cc(-c1c3ccccc3c(-c3ccccc3)c3ccc(-c4ccc5c(c4)c4ccccc4n5-c4ccccc4)cc13)c1ccccc21. The van der Waals surface area contributed by atoms with Gasteiger partial charge in [-0.2, -0.15) is 0 Å². The maximum atomic E-state index is 2.57. The molecule has 0 saturated carbocycles. The maximum Gasteiger partial charge on any atom is 0.0541 e. The molecule has 1 aromatic heterocycles. The van der Waals surface area contributed by atoms with Gasteiger partial charge in [0.2, 0.25) is 0 Å². The second-order valence-electron chi connectivity index (χ2n) is 16.7. The molecule has 0 bridgehead atoms. The number of fused-ring (bicyclic) bond motifs is 9. The van der Waals surface area contributed by atoms with Gasteiger partial charge in [0, 0.05) is 21.9 Å². The molecular formula is C57H41N. The van der Waals surface area contributed by atoms with E-state index in [-0.39, 0.29) is 5.41 Å². The number of rotatable bonds is 4. The van der Waals surface area contributed by atoms with Crippen LogP contribution in [0.4, 0.5) is 0 Å². The van der Waals surface area contributed by atoms with Crippen LogP contribution in [0.5, 0.6) is 0 Å². The quantitative estimate of drug-likeness (QED) is 0.158. The van der Waals surface area contributed by atoms with E-state index in [1.54, 1.807) is 5.57 Å². The van der Waals surface area contributed by atoms with E-state index >= 15 is 0 Å². The molecule has 0 spiro atoms. The average Bonchev–Trinajstić information content (AvgIpc) is 3.73. The van der Waals surface area contributed by atoms with Gasteiger partial charge in [-0.25, -0.2) is 0 Å². The first-order chi connectivity index (χ1) is 28.6. The Morgan fingerprint density at radius 2 is 1.00 bits per heavy atom. The molecule has 0 atom stereocenters. The predicted molar refractivity (Wildman–Crippen MR) is 248 cm³/mol. The fourth-order valence-corrected chi connectivity index (χ4v) is 10.6. The summed E-state index contributed by atoms with van der Waals surface area (Å²) in [5.41, 5.74) is 17.0. The normalized spacial score (nSPS) is 14.6. The summed E-state index contributed by atoms with van der Waals surface area (Å²) in [7, 11) is 0. The Kier molecular flexibility index (Phi) is 7.17. The molecule has 0 unspecified atom stereocenters. The van der Waals surface area contributed by atoms with Crippen LogP contribution in [0.2, 0.25) is 0 Å². The molecule has 1 heteroatoms. The minimum Gasteiger partial charge on any atom is -0.309 e. The van der Waals surface area contributed by atoms with Crippen molar-refractivity contribution in [3.05, 3.63) is 205 Å². The van der Waals surface area contributed by atoms with E-state index in [1.807, 2.05) is 0 Å². The van der Waals surface area contributed by atoms with Crippen molar-refractivity contribution in [2.24, 2.45) is 0 Å². The van der Waals surface area contributed by atoms with E-state index in [0.717, 1.165) is 12.8 Å². The van der Waals surface area contributed by atoms with Gasteiger partial charge in [-0.05, 0) is 138 Å². The third kappa shape index (κ3) is 4.71. The summed E-state index contributed by atoms with van der Waals surface area (Å²) in [6, 6.07) is 65.6. The Balaban J connectivity index is 1.18. The molecule has 2 aliphatic rings. The van der Waals surface area contributed by atoms with Crippen molar-refractivity contribution >= 4 is 59.7 Å². The molecule has 12 rings (SSSR count). The highest BCUT2D eigenvalue weighted by Gasteiger charge is 2.39. The molecule has 0 N–H and O–H groups in total. The lowest BCUT2D eigenvalue weighted by Gasteiger charge is -2.27. The predicted octanol–water partition coefficient (Wildman–Crippen LogP) is 15.6. The Hall–Kier alpha value is -6.96. The summed E-state index contributed by atoms with van der Waals surface area (Å²) in [6.45, 7) is 4.90. The van der Waals surface area contributed by atoms with Crippen molar-refractivity contribution in [3.63, 3.8) is 0 Å². The van der Waals surface area contributed by atoms with Crippen LogP contribution in [0.3, 0.4) is 0 Å². The standard InChI is InChI=1S/C57H41N/c1-57(2)50-27-15-13-26-46(50)56-42-23-10-9-21-40(42)49(35-51(56)57)55-44-25-12-11-24-43(44)54(36-17-5-3-6-18-36)45-31-29-37(34-48(45)55)38-30-32-53-47(33-38)41-22-14-16-28-52(41)58(53)39-19-7-4-8-20-39/h3-14,16-26,28-35H,15,27H2,1-2H3. The van der Waals surface area contributed by atoms with Crippen LogP contribution in [-0.4, -0.2) is 4.57 Å². The lowest BCUT2D eigenvalue weighted by atomic mass is 9.76. The first-order valence-electron chi connectivity index (χ1n) is 20.7. The highest BCUT2D eigenvalue weighted by atomic mass is 15.0. The molecular weight excluding hydrogens is 699 g/mol. The van der Waals surface area contributed by atoms with Gasteiger partial charge >= 0.3 is 0 Å². The number of hydrogen-bond acceptors (Lipinski definition) is 0. The Morgan fingerprint density at radius 1 is 0.431 bits per heavy atom. The Labute approximate surface area is 338 Å². The molecule has 0 aliphatic heterocycles. The number of benzene rings is 9. The second kappa shape index (κ2) is 12.5. The zero-order valence-electron chi connectivity index (χ0n) is 32.8. The van der Waals surface area contributed by atoms with Crippen molar-refractivity contribution < 1.29 is 0 Å². The smallest absolute Gasteiger partial charge is 0.0541 e. The fourth-order valence-electron chi connectivity index (χ4n) is 10.6. The molecule has 2 aliphatic carbocycles. The summed E-state index contributed by atoms with van der Waals surface area (Å²) in [5.74, 6) is 0. The van der Waals surface area contributed by atoms with E-state index in [0.29, 0.717) is 0 Å². The van der Waals surface area contributed by atoms with Crippen molar-refractivity contribution in [2.75, 3.05) is 0 Å². The molecule has 0 amide bonds. The summed E-state index contributed by atoms with van der Waals surface area (Å²) in [5, 5.41) is 10.3. The van der Waals surface area contributed by atoms with Crippen molar-refractivity contribution in [3.8, 4) is 39.1 Å². The van der Waals surface area contributed by atoms with Gasteiger partial charge in [-0.15, -0.1) is 0 Å². The summed E-state index contributed by atoms with van der Waals surface area (Å²) in [6.07, 6.45) is 7.00. The second-order valence-corrected chi connectivity index (χ2v) is 16.7. The minimum atomic E-state index is -0.0523. The highest BCUT2D eigenvalue weighted by Crippen LogP contribution is 2.55. The monoisotopic (exact) mass is 739 g/mol. The zero-order chi connectivity index (χ0) is 38.5. The molecule has 0 radical (unpaired) electrons. The molecule has 0 fully saturated rings. The van der Waals surface area contributed by atoms with Gasteiger partial charge in [0.1, 0.15) is 0 Å². The fraction of sp³-hybridized carbons (Fsp3) is 0.0877. The summed E-state index contributed by atoms with van der Waals surface area (Å²) in [4.78, 5) is 0. The van der Waals surface area contributed by atoms with Gasteiger partial charge in [-0.1, -0.05) is 165 Å². The van der Waals surface area contributed by atoms with Crippen LogP contribution < -0.4 is 0 Å². The van der Waals surface area contributed by atoms with Crippen LogP contribution in [0.1, 0.15) is 37.8 Å². The van der Waals surface area contributed by atoms with Crippen LogP contribution in [0, 0.1) is 0 Å². The number of hydrogen-bond donors (Lipinski definition) is 0. The Bertz CT molecular complexity index is 3390. The zero-order valence-corrected chi connectivity index (χ0v) is 32.8. The largest absolute Gasteiger partial charge is 0.309 e.